The Labute approximate surface area is 159 Å². The molecule has 1 N–H and O–H groups in total. The zero-order valence-electron chi connectivity index (χ0n) is 15.6. The highest BCUT2D eigenvalue weighted by Crippen LogP contribution is 2.19. The van der Waals surface area contributed by atoms with E-state index in [1.54, 1.807) is 12.1 Å². The van der Waals surface area contributed by atoms with Crippen molar-refractivity contribution >= 4 is 11.8 Å². The van der Waals surface area contributed by atoms with E-state index < -0.39 is 0 Å². The number of hydrogen-bond donors (Lipinski definition) is 1. The molecular weight excluding hydrogens is 343 g/mol. The normalized spacial score (nSPS) is 16.8. The van der Waals surface area contributed by atoms with Gasteiger partial charge in [0.25, 0.3) is 5.91 Å². The topological polar surface area (TPSA) is 49.4 Å². The molecule has 1 unspecified atom stereocenters. The second kappa shape index (κ2) is 8.80. The van der Waals surface area contributed by atoms with Crippen LogP contribution >= 0.6 is 0 Å². The molecule has 27 heavy (non-hydrogen) atoms. The number of halogens is 1. The van der Waals surface area contributed by atoms with E-state index in [9.17, 15) is 14.0 Å². The van der Waals surface area contributed by atoms with E-state index in [0.717, 1.165) is 30.5 Å². The Balaban J connectivity index is 1.52. The van der Waals surface area contributed by atoms with Crippen molar-refractivity contribution in [1.82, 2.24) is 10.2 Å². The van der Waals surface area contributed by atoms with Gasteiger partial charge in [-0.2, -0.15) is 0 Å². The molecule has 1 heterocycles. The zero-order valence-corrected chi connectivity index (χ0v) is 15.6. The van der Waals surface area contributed by atoms with Crippen molar-refractivity contribution in [2.24, 2.45) is 5.92 Å². The molecule has 0 aromatic heterocycles. The maximum absolute atomic E-state index is 13.2. The van der Waals surface area contributed by atoms with Gasteiger partial charge >= 0.3 is 0 Å². The fourth-order valence-electron chi connectivity index (χ4n) is 3.55. The van der Waals surface area contributed by atoms with Crippen molar-refractivity contribution in [3.05, 3.63) is 71.0 Å². The van der Waals surface area contributed by atoms with Gasteiger partial charge in [0.2, 0.25) is 5.91 Å². The molecule has 1 aliphatic rings. The minimum absolute atomic E-state index is 0.0592. The van der Waals surface area contributed by atoms with Crippen molar-refractivity contribution in [1.29, 1.82) is 0 Å². The SMILES string of the molecule is Cc1ccccc1C(=O)N1CCCC(CNC(=O)Cc2cccc(F)c2)C1. The first-order chi connectivity index (χ1) is 13.0. The lowest BCUT2D eigenvalue weighted by atomic mass is 9.96. The van der Waals surface area contributed by atoms with E-state index in [1.165, 1.54) is 12.1 Å². The highest BCUT2D eigenvalue weighted by atomic mass is 19.1. The Bertz CT molecular complexity index is 821. The highest BCUT2D eigenvalue weighted by Gasteiger charge is 2.25. The van der Waals surface area contributed by atoms with Crippen LogP contribution in [0.4, 0.5) is 4.39 Å². The van der Waals surface area contributed by atoms with Crippen molar-refractivity contribution < 1.29 is 14.0 Å². The third kappa shape index (κ3) is 5.16. The van der Waals surface area contributed by atoms with Gasteiger partial charge in [0.15, 0.2) is 0 Å². The van der Waals surface area contributed by atoms with E-state index in [-0.39, 0.29) is 30.0 Å². The molecule has 2 amide bonds. The van der Waals surface area contributed by atoms with Gasteiger partial charge in [0, 0.05) is 25.2 Å². The van der Waals surface area contributed by atoms with E-state index in [2.05, 4.69) is 5.32 Å². The average molecular weight is 368 g/mol. The van der Waals surface area contributed by atoms with Crippen molar-refractivity contribution in [3.8, 4) is 0 Å². The predicted octanol–water partition coefficient (Wildman–Crippen LogP) is 3.35. The summed E-state index contributed by atoms with van der Waals surface area (Å²) in [5, 5.41) is 2.93. The van der Waals surface area contributed by atoms with Crippen molar-refractivity contribution in [2.75, 3.05) is 19.6 Å². The van der Waals surface area contributed by atoms with Gasteiger partial charge in [0.05, 0.1) is 6.42 Å². The second-order valence-electron chi connectivity index (χ2n) is 7.19. The summed E-state index contributed by atoms with van der Waals surface area (Å²) in [6, 6.07) is 13.7. The number of hydrogen-bond acceptors (Lipinski definition) is 2. The monoisotopic (exact) mass is 368 g/mol. The van der Waals surface area contributed by atoms with Gasteiger partial charge in [0.1, 0.15) is 5.82 Å². The van der Waals surface area contributed by atoms with Gasteiger partial charge in [-0.05, 0) is 55.0 Å². The lowest BCUT2D eigenvalue weighted by Gasteiger charge is -2.33. The van der Waals surface area contributed by atoms with Crippen LogP contribution in [0.15, 0.2) is 48.5 Å². The minimum Gasteiger partial charge on any atom is -0.355 e. The number of rotatable bonds is 5. The molecular formula is C22H25FN2O2. The first kappa shape index (κ1) is 19.1. The predicted molar refractivity (Wildman–Crippen MR) is 103 cm³/mol. The van der Waals surface area contributed by atoms with Gasteiger partial charge in [-0.1, -0.05) is 30.3 Å². The number of piperidine rings is 1. The number of amides is 2. The van der Waals surface area contributed by atoms with Gasteiger partial charge in [-0.3, -0.25) is 9.59 Å². The first-order valence-corrected chi connectivity index (χ1v) is 9.39. The Hall–Kier alpha value is -2.69. The molecule has 0 aliphatic carbocycles. The fraction of sp³-hybridized carbons (Fsp3) is 0.364. The van der Waals surface area contributed by atoms with E-state index in [1.807, 2.05) is 36.1 Å². The lowest BCUT2D eigenvalue weighted by Crippen LogP contribution is -2.44. The summed E-state index contributed by atoms with van der Waals surface area (Å²) in [5.74, 6) is -0.159. The smallest absolute Gasteiger partial charge is 0.254 e. The summed E-state index contributed by atoms with van der Waals surface area (Å²) in [6.45, 7) is 3.88. The largest absolute Gasteiger partial charge is 0.355 e. The number of carbonyl (C=O) groups is 2. The molecule has 5 heteroatoms. The van der Waals surface area contributed by atoms with Crippen LogP contribution in [0.2, 0.25) is 0 Å². The number of benzene rings is 2. The zero-order chi connectivity index (χ0) is 19.2. The molecule has 3 rings (SSSR count). The second-order valence-corrected chi connectivity index (χ2v) is 7.19. The van der Waals surface area contributed by atoms with Crippen LogP contribution < -0.4 is 5.32 Å². The molecule has 142 valence electrons. The molecule has 1 fully saturated rings. The van der Waals surface area contributed by atoms with Crippen LogP contribution in [0.3, 0.4) is 0 Å². The molecule has 2 aromatic rings. The molecule has 0 saturated carbocycles. The van der Waals surface area contributed by atoms with E-state index in [0.29, 0.717) is 18.7 Å². The Morgan fingerprint density at radius 3 is 2.78 bits per heavy atom. The Kier molecular flexibility index (Phi) is 6.22. The fourth-order valence-corrected chi connectivity index (χ4v) is 3.55. The van der Waals surface area contributed by atoms with Crippen molar-refractivity contribution in [3.63, 3.8) is 0 Å². The molecule has 0 radical (unpaired) electrons. The Morgan fingerprint density at radius 2 is 2.00 bits per heavy atom. The number of carbonyl (C=O) groups excluding carboxylic acids is 2. The summed E-state index contributed by atoms with van der Waals surface area (Å²) >= 11 is 0. The summed E-state index contributed by atoms with van der Waals surface area (Å²) in [5.41, 5.74) is 2.38. The summed E-state index contributed by atoms with van der Waals surface area (Å²) in [4.78, 5) is 26.8. The van der Waals surface area contributed by atoms with Crippen LogP contribution in [-0.2, 0) is 11.2 Å². The third-order valence-electron chi connectivity index (χ3n) is 5.02. The maximum atomic E-state index is 13.2. The molecule has 4 nitrogen and oxygen atoms in total. The molecule has 0 spiro atoms. The quantitative estimate of drug-likeness (QED) is 0.880. The number of nitrogens with zero attached hydrogens (tertiary/aromatic N) is 1. The van der Waals surface area contributed by atoms with Crippen LogP contribution in [0.5, 0.6) is 0 Å². The van der Waals surface area contributed by atoms with Crippen molar-refractivity contribution in [2.45, 2.75) is 26.2 Å². The lowest BCUT2D eigenvalue weighted by molar-refractivity contribution is -0.120. The average Bonchev–Trinajstić information content (AvgIpc) is 2.66. The molecule has 1 atom stereocenters. The van der Waals surface area contributed by atoms with Gasteiger partial charge in [-0.25, -0.2) is 4.39 Å². The molecule has 0 bridgehead atoms. The van der Waals surface area contributed by atoms with Crippen LogP contribution in [0.1, 0.15) is 34.3 Å². The number of nitrogens with one attached hydrogen (secondary N) is 1. The summed E-state index contributed by atoms with van der Waals surface area (Å²) < 4.78 is 13.2. The van der Waals surface area contributed by atoms with Gasteiger partial charge < -0.3 is 10.2 Å². The first-order valence-electron chi connectivity index (χ1n) is 9.39. The van der Waals surface area contributed by atoms with E-state index in [4.69, 9.17) is 0 Å². The van der Waals surface area contributed by atoms with Gasteiger partial charge in [-0.15, -0.1) is 0 Å². The molecule has 1 saturated heterocycles. The van der Waals surface area contributed by atoms with E-state index >= 15 is 0 Å². The van der Waals surface area contributed by atoms with Crippen LogP contribution in [0.25, 0.3) is 0 Å². The van der Waals surface area contributed by atoms with Crippen LogP contribution in [0, 0.1) is 18.7 Å². The molecule has 1 aliphatic heterocycles. The summed E-state index contributed by atoms with van der Waals surface area (Å²) in [6.07, 6.45) is 2.08. The minimum atomic E-state index is -0.335. The number of aryl methyl sites for hydroxylation is 1. The Morgan fingerprint density at radius 1 is 1.19 bits per heavy atom. The summed E-state index contributed by atoms with van der Waals surface area (Å²) in [7, 11) is 0. The number of likely N-dealkylation sites (tertiary alicyclic amines) is 1. The highest BCUT2D eigenvalue weighted by molar-refractivity contribution is 5.95. The standard InChI is InChI=1S/C22H25FN2O2/c1-16-6-2-3-10-20(16)22(27)25-11-5-8-18(15-25)14-24-21(26)13-17-7-4-9-19(23)12-17/h2-4,6-7,9-10,12,18H,5,8,11,13-15H2,1H3,(H,24,26). The molecule has 2 aromatic carbocycles. The van der Waals surface area contributed by atoms with Crippen LogP contribution in [-0.4, -0.2) is 36.3 Å². The third-order valence-corrected chi connectivity index (χ3v) is 5.02. The maximum Gasteiger partial charge on any atom is 0.254 e.